The van der Waals surface area contributed by atoms with Crippen LogP contribution in [0, 0.1) is 0 Å². The van der Waals surface area contributed by atoms with Gasteiger partial charge in [-0.05, 0) is 13.1 Å². The normalized spacial score (nSPS) is 8.56. The molecular weight excluding hydrogens is 112 g/mol. The topological polar surface area (TPSA) is 24.1 Å². The Morgan fingerprint density at radius 3 is 2.67 bits per heavy atom. The largest absolute Gasteiger partial charge is 0.384 e. The van der Waals surface area contributed by atoms with E-state index >= 15 is 0 Å². The SMILES string of the molecule is C=CC(=C)NCCNC. The van der Waals surface area contributed by atoms with Gasteiger partial charge in [-0.1, -0.05) is 13.2 Å². The Hall–Kier alpha value is -0.760. The average molecular weight is 126 g/mol. The number of allylic oxidation sites excluding steroid dienone is 1. The van der Waals surface area contributed by atoms with E-state index in [9.17, 15) is 0 Å². The van der Waals surface area contributed by atoms with Crippen LogP contribution in [0.1, 0.15) is 0 Å². The number of hydrogen-bond donors (Lipinski definition) is 2. The molecule has 9 heavy (non-hydrogen) atoms. The minimum absolute atomic E-state index is 0.880. The predicted molar refractivity (Wildman–Crippen MR) is 41.3 cm³/mol. The maximum Gasteiger partial charge on any atom is 0.0271 e. The third-order valence-corrected chi connectivity index (χ3v) is 0.973. The van der Waals surface area contributed by atoms with Gasteiger partial charge in [-0.15, -0.1) is 0 Å². The zero-order valence-corrected chi connectivity index (χ0v) is 5.91. The molecule has 0 aromatic heterocycles. The van der Waals surface area contributed by atoms with Crippen molar-refractivity contribution in [2.75, 3.05) is 20.1 Å². The second kappa shape index (κ2) is 5.38. The maximum atomic E-state index is 3.69. The van der Waals surface area contributed by atoms with Gasteiger partial charge in [0.1, 0.15) is 0 Å². The van der Waals surface area contributed by atoms with E-state index in [0.717, 1.165) is 18.8 Å². The molecule has 0 amide bonds. The van der Waals surface area contributed by atoms with Gasteiger partial charge < -0.3 is 10.6 Å². The number of likely N-dealkylation sites (N-methyl/N-ethyl adjacent to an activating group) is 1. The van der Waals surface area contributed by atoms with Crippen LogP contribution in [0.2, 0.25) is 0 Å². The summed E-state index contributed by atoms with van der Waals surface area (Å²) in [5, 5.41) is 6.07. The molecule has 0 bridgehead atoms. The van der Waals surface area contributed by atoms with Crippen LogP contribution in [-0.2, 0) is 0 Å². The van der Waals surface area contributed by atoms with Crippen LogP contribution < -0.4 is 10.6 Å². The van der Waals surface area contributed by atoms with Crippen molar-refractivity contribution >= 4 is 0 Å². The summed E-state index contributed by atoms with van der Waals surface area (Å²) in [6, 6.07) is 0. The zero-order valence-electron chi connectivity index (χ0n) is 5.91. The molecule has 0 radical (unpaired) electrons. The van der Waals surface area contributed by atoms with E-state index < -0.39 is 0 Å². The maximum absolute atomic E-state index is 3.69. The van der Waals surface area contributed by atoms with Crippen LogP contribution in [0.4, 0.5) is 0 Å². The van der Waals surface area contributed by atoms with Gasteiger partial charge in [0, 0.05) is 18.8 Å². The molecule has 0 aliphatic heterocycles. The molecule has 0 atom stereocenters. The molecule has 0 aromatic rings. The first-order valence-electron chi connectivity index (χ1n) is 3.01. The fourth-order valence-corrected chi connectivity index (χ4v) is 0.420. The summed E-state index contributed by atoms with van der Waals surface area (Å²) in [6.07, 6.45) is 1.70. The van der Waals surface area contributed by atoms with Crippen molar-refractivity contribution in [3.63, 3.8) is 0 Å². The molecule has 0 unspecified atom stereocenters. The zero-order chi connectivity index (χ0) is 7.11. The average Bonchev–Trinajstić information content (AvgIpc) is 1.89. The van der Waals surface area contributed by atoms with Gasteiger partial charge in [-0.3, -0.25) is 0 Å². The molecule has 0 heterocycles. The van der Waals surface area contributed by atoms with Crippen LogP contribution in [0.25, 0.3) is 0 Å². The van der Waals surface area contributed by atoms with E-state index in [0.29, 0.717) is 0 Å². The highest BCUT2D eigenvalue weighted by atomic mass is 14.9. The van der Waals surface area contributed by atoms with Crippen LogP contribution in [0.3, 0.4) is 0 Å². The van der Waals surface area contributed by atoms with Crippen molar-refractivity contribution < 1.29 is 0 Å². The lowest BCUT2D eigenvalue weighted by atomic mass is 10.4. The summed E-state index contributed by atoms with van der Waals surface area (Å²) < 4.78 is 0. The summed E-state index contributed by atoms with van der Waals surface area (Å²) in [5.41, 5.74) is 0.880. The molecule has 52 valence electrons. The van der Waals surface area contributed by atoms with E-state index in [1.807, 2.05) is 7.05 Å². The van der Waals surface area contributed by atoms with Crippen LogP contribution in [0.5, 0.6) is 0 Å². The first-order chi connectivity index (χ1) is 4.31. The molecule has 0 spiro atoms. The molecule has 0 aliphatic carbocycles. The van der Waals surface area contributed by atoms with E-state index in [-0.39, 0.29) is 0 Å². The van der Waals surface area contributed by atoms with Crippen molar-refractivity contribution in [3.05, 3.63) is 24.9 Å². The summed E-state index contributed by atoms with van der Waals surface area (Å²) in [7, 11) is 1.92. The van der Waals surface area contributed by atoms with E-state index in [4.69, 9.17) is 0 Å². The molecule has 0 aromatic carbocycles. The number of nitrogens with one attached hydrogen (secondary N) is 2. The Labute approximate surface area is 56.6 Å². The lowest BCUT2D eigenvalue weighted by molar-refractivity contribution is 0.727. The van der Waals surface area contributed by atoms with Crippen LogP contribution in [0.15, 0.2) is 24.9 Å². The van der Waals surface area contributed by atoms with Crippen molar-refractivity contribution in [1.82, 2.24) is 10.6 Å². The van der Waals surface area contributed by atoms with Gasteiger partial charge in [0.2, 0.25) is 0 Å². The quantitative estimate of drug-likeness (QED) is 0.414. The minimum atomic E-state index is 0.880. The van der Waals surface area contributed by atoms with Crippen molar-refractivity contribution in [3.8, 4) is 0 Å². The molecule has 2 N–H and O–H groups in total. The van der Waals surface area contributed by atoms with Gasteiger partial charge in [0.15, 0.2) is 0 Å². The molecule has 2 nitrogen and oxygen atoms in total. The summed E-state index contributed by atoms with van der Waals surface area (Å²) >= 11 is 0. The second-order valence-electron chi connectivity index (χ2n) is 1.76. The smallest absolute Gasteiger partial charge is 0.0271 e. The molecule has 0 fully saturated rings. The monoisotopic (exact) mass is 126 g/mol. The summed E-state index contributed by atoms with van der Waals surface area (Å²) in [5.74, 6) is 0. The van der Waals surface area contributed by atoms with Crippen molar-refractivity contribution in [1.29, 1.82) is 0 Å². The Balaban J connectivity index is 3.07. The molecule has 0 saturated carbocycles. The van der Waals surface area contributed by atoms with E-state index in [1.54, 1.807) is 6.08 Å². The summed E-state index contributed by atoms with van der Waals surface area (Å²) in [6.45, 7) is 9.10. The molecule has 0 aliphatic rings. The Bertz CT molecular complexity index is 97.1. The van der Waals surface area contributed by atoms with Crippen molar-refractivity contribution in [2.45, 2.75) is 0 Å². The second-order valence-corrected chi connectivity index (χ2v) is 1.76. The highest BCUT2D eigenvalue weighted by Crippen LogP contribution is 1.79. The minimum Gasteiger partial charge on any atom is -0.384 e. The third-order valence-electron chi connectivity index (χ3n) is 0.973. The molecular formula is C7H14N2. The van der Waals surface area contributed by atoms with Crippen molar-refractivity contribution in [2.24, 2.45) is 0 Å². The molecule has 0 saturated heterocycles. The molecule has 2 heteroatoms. The fourth-order valence-electron chi connectivity index (χ4n) is 0.420. The van der Waals surface area contributed by atoms with Gasteiger partial charge >= 0.3 is 0 Å². The first kappa shape index (κ1) is 8.24. The van der Waals surface area contributed by atoms with Gasteiger partial charge in [0.25, 0.3) is 0 Å². The number of hydrogen-bond acceptors (Lipinski definition) is 2. The lowest BCUT2D eigenvalue weighted by Crippen LogP contribution is -2.23. The number of rotatable bonds is 5. The Kier molecular flexibility index (Phi) is 4.92. The third kappa shape index (κ3) is 5.11. The van der Waals surface area contributed by atoms with Crippen LogP contribution >= 0.6 is 0 Å². The van der Waals surface area contributed by atoms with Crippen LogP contribution in [-0.4, -0.2) is 20.1 Å². The van der Waals surface area contributed by atoms with E-state index in [1.165, 1.54) is 0 Å². The molecule has 0 rings (SSSR count). The predicted octanol–water partition coefficient (Wildman–Crippen LogP) is 0.495. The first-order valence-corrected chi connectivity index (χ1v) is 3.01. The van der Waals surface area contributed by atoms with Gasteiger partial charge in [-0.25, -0.2) is 0 Å². The van der Waals surface area contributed by atoms with Gasteiger partial charge in [-0.2, -0.15) is 0 Å². The summed E-state index contributed by atoms with van der Waals surface area (Å²) in [4.78, 5) is 0. The Morgan fingerprint density at radius 2 is 2.22 bits per heavy atom. The Morgan fingerprint density at radius 1 is 1.56 bits per heavy atom. The highest BCUT2D eigenvalue weighted by Gasteiger charge is 1.82. The standard InChI is InChI=1S/C7H14N2/c1-4-7(2)9-6-5-8-3/h4,8-9H,1-2,5-6H2,3H3. The fraction of sp³-hybridized carbons (Fsp3) is 0.429. The lowest BCUT2D eigenvalue weighted by Gasteiger charge is -2.02. The van der Waals surface area contributed by atoms with Gasteiger partial charge in [0.05, 0.1) is 0 Å². The van der Waals surface area contributed by atoms with E-state index in [2.05, 4.69) is 23.8 Å². The highest BCUT2D eigenvalue weighted by molar-refractivity contribution is 5.07.